The quantitative estimate of drug-likeness (QED) is 0.207. The zero-order valence-corrected chi connectivity index (χ0v) is 24.6. The Labute approximate surface area is 256 Å². The van der Waals surface area contributed by atoms with Gasteiger partial charge in [-0.25, -0.2) is 4.79 Å². The van der Waals surface area contributed by atoms with E-state index in [0.717, 1.165) is 33.2 Å². The average Bonchev–Trinajstić information content (AvgIpc) is 3.50. The number of urea groups is 1. The first-order chi connectivity index (χ1) is 21.4. The predicted octanol–water partition coefficient (Wildman–Crippen LogP) is 5.15. The van der Waals surface area contributed by atoms with E-state index < -0.39 is 24.3 Å². The van der Waals surface area contributed by atoms with Gasteiger partial charge in [-0.2, -0.15) is 5.10 Å². The fraction of sp³-hybridized carbons (Fsp3) is 0.250. The van der Waals surface area contributed by atoms with Crippen LogP contribution in [0.1, 0.15) is 39.5 Å². The van der Waals surface area contributed by atoms with Gasteiger partial charge in [-0.15, -0.1) is 0 Å². The van der Waals surface area contributed by atoms with Crippen molar-refractivity contribution in [3.63, 3.8) is 0 Å². The maximum Gasteiger partial charge on any atom is 0.321 e. The van der Waals surface area contributed by atoms with Crippen molar-refractivity contribution in [1.82, 2.24) is 20.0 Å². The smallest absolute Gasteiger partial charge is 0.321 e. The molecule has 1 aromatic heterocycles. The normalized spacial score (nSPS) is 20.6. The number of amides is 2. The molecule has 0 bridgehead atoms. The van der Waals surface area contributed by atoms with E-state index in [-0.39, 0.29) is 24.9 Å². The van der Waals surface area contributed by atoms with E-state index in [1.165, 1.54) is 6.92 Å². The summed E-state index contributed by atoms with van der Waals surface area (Å²) in [5.74, 6) is -0.0653. The van der Waals surface area contributed by atoms with Crippen LogP contribution in [0.25, 0.3) is 10.9 Å². The highest BCUT2D eigenvalue weighted by Crippen LogP contribution is 2.30. The molecule has 44 heavy (non-hydrogen) atoms. The number of hydrogen-bond acceptors (Lipinski definition) is 5. The molecule has 6 rings (SSSR count). The van der Waals surface area contributed by atoms with Crippen molar-refractivity contribution in [3.05, 3.63) is 137 Å². The number of aromatic nitrogens is 2. The Morgan fingerprint density at radius 1 is 0.727 bits per heavy atom. The highest BCUT2D eigenvalue weighted by molar-refractivity contribution is 5.94. The molecule has 1 fully saturated rings. The minimum Gasteiger partial charge on any atom is -0.388 e. The topological polar surface area (TPSA) is 110 Å². The number of nitrogens with one attached hydrogen (secondary N) is 1. The fourth-order valence-electron chi connectivity index (χ4n) is 6.19. The second-order valence-corrected chi connectivity index (χ2v) is 11.6. The Morgan fingerprint density at radius 3 is 1.84 bits per heavy atom. The van der Waals surface area contributed by atoms with Gasteiger partial charge in [0.05, 0.1) is 23.8 Å². The Balaban J connectivity index is 1.44. The zero-order chi connectivity index (χ0) is 30.6. The van der Waals surface area contributed by atoms with Crippen molar-refractivity contribution < 1.29 is 19.8 Å². The van der Waals surface area contributed by atoms with Crippen LogP contribution in [0.3, 0.4) is 0 Å². The molecule has 224 valence electrons. The minimum atomic E-state index is -1.23. The number of rotatable bonds is 9. The molecule has 5 aromatic rings. The summed E-state index contributed by atoms with van der Waals surface area (Å²) in [6.45, 7) is 1.90. The molecule has 2 amide bonds. The summed E-state index contributed by atoms with van der Waals surface area (Å²) in [7, 11) is 0. The number of H-pyrrole nitrogens is 1. The molecule has 8 heteroatoms. The number of aromatic amines is 1. The molecule has 1 saturated heterocycles. The van der Waals surface area contributed by atoms with Crippen LogP contribution in [0.15, 0.2) is 109 Å². The molecule has 0 unspecified atom stereocenters. The number of benzene rings is 4. The van der Waals surface area contributed by atoms with Crippen LogP contribution in [0.2, 0.25) is 0 Å². The lowest BCUT2D eigenvalue weighted by atomic mass is 9.91. The molecule has 1 aliphatic rings. The van der Waals surface area contributed by atoms with Crippen LogP contribution in [-0.4, -0.2) is 66.3 Å². The fourth-order valence-corrected chi connectivity index (χ4v) is 6.19. The number of nitrogens with zero attached hydrogens (tertiary/aromatic N) is 3. The Hall–Kier alpha value is -4.79. The number of aliphatic hydroxyl groups is 2. The number of fused-ring (bicyclic) bond motifs is 1. The van der Waals surface area contributed by atoms with Gasteiger partial charge in [-0.1, -0.05) is 84.9 Å². The predicted molar refractivity (Wildman–Crippen MR) is 169 cm³/mol. The van der Waals surface area contributed by atoms with Gasteiger partial charge >= 0.3 is 6.03 Å². The largest absolute Gasteiger partial charge is 0.388 e. The SMILES string of the molecule is CC(=O)c1cccc(CN2C(=O)N(Cc3ccc4[nH]ncc4c3)[C@H](Cc3ccccc3)[C@H](O)[C@@H](O)[C@H]2Cc2ccccc2)c1. The third-order valence-corrected chi connectivity index (χ3v) is 8.55. The summed E-state index contributed by atoms with van der Waals surface area (Å²) in [5, 5.41) is 31.8. The van der Waals surface area contributed by atoms with E-state index in [1.54, 1.807) is 28.1 Å². The van der Waals surface area contributed by atoms with E-state index in [2.05, 4.69) is 10.2 Å². The number of carbonyl (C=O) groups excluding carboxylic acids is 2. The molecule has 4 aromatic carbocycles. The molecule has 0 saturated carbocycles. The number of ketones is 1. The maximum atomic E-state index is 14.8. The van der Waals surface area contributed by atoms with Gasteiger partial charge in [0, 0.05) is 24.0 Å². The third kappa shape index (κ3) is 6.27. The molecule has 0 spiro atoms. The van der Waals surface area contributed by atoms with E-state index in [9.17, 15) is 19.8 Å². The molecular formula is C36H36N4O4. The summed E-state index contributed by atoms with van der Waals surface area (Å²) in [4.78, 5) is 30.4. The maximum absolute atomic E-state index is 14.8. The van der Waals surface area contributed by atoms with Gasteiger partial charge in [0.1, 0.15) is 12.2 Å². The number of Topliss-reactive ketones (excluding diaryl/α,β-unsaturated/α-hetero) is 1. The average molecular weight is 589 g/mol. The summed E-state index contributed by atoms with van der Waals surface area (Å²) in [5.41, 5.74) is 4.99. The van der Waals surface area contributed by atoms with Gasteiger partial charge in [0.15, 0.2) is 5.78 Å². The lowest BCUT2D eigenvalue weighted by molar-refractivity contribution is -0.0408. The minimum absolute atomic E-state index is 0.0653. The molecule has 0 aliphatic carbocycles. The van der Waals surface area contributed by atoms with Crippen LogP contribution < -0.4 is 0 Å². The van der Waals surface area contributed by atoms with Crippen molar-refractivity contribution in [1.29, 1.82) is 0 Å². The lowest BCUT2D eigenvalue weighted by Gasteiger charge is -2.36. The van der Waals surface area contributed by atoms with Crippen LogP contribution in [-0.2, 0) is 25.9 Å². The molecule has 0 radical (unpaired) electrons. The van der Waals surface area contributed by atoms with Crippen LogP contribution in [0.5, 0.6) is 0 Å². The Morgan fingerprint density at radius 2 is 1.27 bits per heavy atom. The molecular weight excluding hydrogens is 552 g/mol. The van der Waals surface area contributed by atoms with Gasteiger partial charge < -0.3 is 20.0 Å². The van der Waals surface area contributed by atoms with Crippen LogP contribution in [0.4, 0.5) is 4.79 Å². The van der Waals surface area contributed by atoms with Gasteiger partial charge in [-0.05, 0) is 60.2 Å². The molecule has 3 N–H and O–H groups in total. The highest BCUT2D eigenvalue weighted by atomic mass is 16.3. The van der Waals surface area contributed by atoms with E-state index in [1.807, 2.05) is 91.0 Å². The Kier molecular flexibility index (Phi) is 8.54. The van der Waals surface area contributed by atoms with Gasteiger partial charge in [0.25, 0.3) is 0 Å². The molecule has 8 nitrogen and oxygen atoms in total. The second kappa shape index (κ2) is 12.8. The van der Waals surface area contributed by atoms with Gasteiger partial charge in [-0.3, -0.25) is 9.89 Å². The summed E-state index contributed by atoms with van der Waals surface area (Å²) in [6.07, 6.45) is 0.00586. The summed E-state index contributed by atoms with van der Waals surface area (Å²) in [6, 6.07) is 30.8. The molecule has 1 aliphatic heterocycles. The van der Waals surface area contributed by atoms with Crippen LogP contribution >= 0.6 is 0 Å². The van der Waals surface area contributed by atoms with Crippen molar-refractivity contribution in [3.8, 4) is 0 Å². The highest BCUT2D eigenvalue weighted by Gasteiger charge is 2.46. The van der Waals surface area contributed by atoms with Crippen molar-refractivity contribution in [2.45, 2.75) is 57.1 Å². The standard InChI is InChI=1S/C36H36N4O4/c1-24(41)29-14-8-13-27(17-29)22-39-32(19-25-9-4-2-5-10-25)34(42)35(43)33(20-26-11-6-3-7-12-26)40(36(39)44)23-28-15-16-31-30(18-28)21-37-38-31/h2-18,21,32-35,42-43H,19-20,22-23H2,1H3,(H,37,38)/t32-,33-,34+,35+/m1/s1. The first-order valence-electron chi connectivity index (χ1n) is 14.9. The third-order valence-electron chi connectivity index (χ3n) is 8.55. The zero-order valence-electron chi connectivity index (χ0n) is 24.6. The lowest BCUT2D eigenvalue weighted by Crippen LogP contribution is -2.50. The first-order valence-corrected chi connectivity index (χ1v) is 14.9. The molecule has 2 heterocycles. The Bertz CT molecular complexity index is 1740. The second-order valence-electron chi connectivity index (χ2n) is 11.6. The molecule has 4 atom stereocenters. The van der Waals surface area contributed by atoms with Crippen molar-refractivity contribution in [2.24, 2.45) is 0 Å². The number of hydrogen-bond donors (Lipinski definition) is 3. The first kappa shape index (κ1) is 29.3. The van der Waals surface area contributed by atoms with Gasteiger partial charge in [0.2, 0.25) is 0 Å². The number of aliphatic hydroxyl groups excluding tert-OH is 2. The number of carbonyl (C=O) groups is 2. The summed E-state index contributed by atoms with van der Waals surface area (Å²) >= 11 is 0. The van der Waals surface area contributed by atoms with Crippen molar-refractivity contribution in [2.75, 3.05) is 0 Å². The summed E-state index contributed by atoms with van der Waals surface area (Å²) < 4.78 is 0. The van der Waals surface area contributed by atoms with E-state index in [4.69, 9.17) is 0 Å². The van der Waals surface area contributed by atoms with Crippen molar-refractivity contribution >= 4 is 22.7 Å². The van der Waals surface area contributed by atoms with Crippen LogP contribution in [0, 0.1) is 0 Å². The van der Waals surface area contributed by atoms with E-state index in [0.29, 0.717) is 18.4 Å². The monoisotopic (exact) mass is 588 g/mol. The van der Waals surface area contributed by atoms with E-state index >= 15 is 0 Å².